The van der Waals surface area contributed by atoms with E-state index in [1.807, 2.05) is 30.3 Å². The molecule has 0 aromatic heterocycles. The van der Waals surface area contributed by atoms with Crippen molar-refractivity contribution >= 4 is 17.9 Å². The third-order valence-electron chi connectivity index (χ3n) is 2.76. The Morgan fingerprint density at radius 1 is 1.17 bits per heavy atom. The molecule has 0 bridgehead atoms. The maximum atomic E-state index is 10.7. The Labute approximate surface area is 111 Å². The van der Waals surface area contributed by atoms with E-state index in [0.29, 0.717) is 17.0 Å². The van der Waals surface area contributed by atoms with Crippen molar-refractivity contribution in [2.24, 2.45) is 0 Å². The van der Waals surface area contributed by atoms with E-state index >= 15 is 0 Å². The van der Waals surface area contributed by atoms with E-state index < -0.39 is 0 Å². The van der Waals surface area contributed by atoms with Gasteiger partial charge in [-0.3, -0.25) is 4.79 Å². The van der Waals surface area contributed by atoms with Gasteiger partial charge in [0.25, 0.3) is 0 Å². The van der Waals surface area contributed by atoms with Gasteiger partial charge in [-0.1, -0.05) is 29.8 Å². The number of aldehydes is 1. The predicted molar refractivity (Wildman–Crippen MR) is 72.6 cm³/mol. The summed E-state index contributed by atoms with van der Waals surface area (Å²) in [5.41, 5.74) is 2.72. The van der Waals surface area contributed by atoms with Gasteiger partial charge in [0.2, 0.25) is 0 Å². The lowest BCUT2D eigenvalue weighted by atomic mass is 10.0. The lowest BCUT2D eigenvalue weighted by Gasteiger charge is -2.06. The Bertz CT molecular complexity index is 547. The van der Waals surface area contributed by atoms with Crippen LogP contribution in [0.1, 0.15) is 21.5 Å². The minimum Gasteiger partial charge on any atom is -0.497 e. The number of halogens is 1. The third kappa shape index (κ3) is 2.90. The summed E-state index contributed by atoms with van der Waals surface area (Å²) in [7, 11) is 1.64. The molecule has 18 heavy (non-hydrogen) atoms. The molecule has 0 aliphatic carbocycles. The number of hydrogen-bond acceptors (Lipinski definition) is 2. The van der Waals surface area contributed by atoms with Crippen LogP contribution in [0.3, 0.4) is 0 Å². The van der Waals surface area contributed by atoms with Crippen LogP contribution >= 0.6 is 11.6 Å². The van der Waals surface area contributed by atoms with Crippen LogP contribution in [0.5, 0.6) is 5.75 Å². The molecule has 92 valence electrons. The van der Waals surface area contributed by atoms with Crippen LogP contribution < -0.4 is 4.74 Å². The van der Waals surface area contributed by atoms with Crippen molar-refractivity contribution in [2.45, 2.75) is 6.42 Å². The zero-order valence-electron chi connectivity index (χ0n) is 10.0. The first-order valence-corrected chi connectivity index (χ1v) is 5.97. The molecule has 0 saturated carbocycles. The molecule has 3 heteroatoms. The molecule has 0 aliphatic rings. The molecular formula is C15H13ClO2. The quantitative estimate of drug-likeness (QED) is 0.783. The second-order valence-corrected chi connectivity index (χ2v) is 4.40. The summed E-state index contributed by atoms with van der Waals surface area (Å²) in [6.07, 6.45) is 1.53. The number of hydrogen-bond donors (Lipinski definition) is 0. The van der Waals surface area contributed by atoms with Gasteiger partial charge in [0, 0.05) is 10.6 Å². The molecule has 0 atom stereocenters. The van der Waals surface area contributed by atoms with Crippen molar-refractivity contribution in [1.82, 2.24) is 0 Å². The maximum absolute atomic E-state index is 10.7. The van der Waals surface area contributed by atoms with Gasteiger partial charge in [-0.25, -0.2) is 0 Å². The van der Waals surface area contributed by atoms with E-state index in [-0.39, 0.29) is 0 Å². The second kappa shape index (κ2) is 5.69. The van der Waals surface area contributed by atoms with Gasteiger partial charge in [-0.15, -0.1) is 0 Å². The summed E-state index contributed by atoms with van der Waals surface area (Å²) in [6, 6.07) is 13.1. The molecule has 0 fully saturated rings. The molecule has 0 aliphatic heterocycles. The summed E-state index contributed by atoms with van der Waals surface area (Å²) in [6.45, 7) is 0. The van der Waals surface area contributed by atoms with Gasteiger partial charge in [-0.2, -0.15) is 0 Å². The van der Waals surface area contributed by atoms with Crippen molar-refractivity contribution in [2.75, 3.05) is 7.11 Å². The fourth-order valence-electron chi connectivity index (χ4n) is 1.77. The van der Waals surface area contributed by atoms with Crippen LogP contribution in [0.25, 0.3) is 0 Å². The summed E-state index contributed by atoms with van der Waals surface area (Å²) in [5, 5.41) is 0.677. The zero-order valence-corrected chi connectivity index (χ0v) is 10.8. The molecule has 2 nitrogen and oxygen atoms in total. The topological polar surface area (TPSA) is 26.3 Å². The fraction of sp³-hybridized carbons (Fsp3) is 0.133. The molecule has 0 saturated heterocycles. The standard InChI is InChI=1S/C15H13ClO2/c1-18-14-5-2-11(3-6-14)8-13-9-12(10-17)4-7-15(13)16/h2-7,9-10H,8H2,1H3. The maximum Gasteiger partial charge on any atom is 0.150 e. The first-order chi connectivity index (χ1) is 8.72. The Kier molecular flexibility index (Phi) is 4.00. The summed E-state index contributed by atoms with van der Waals surface area (Å²) < 4.78 is 5.11. The van der Waals surface area contributed by atoms with Gasteiger partial charge in [0.05, 0.1) is 7.11 Å². The summed E-state index contributed by atoms with van der Waals surface area (Å²) in [5.74, 6) is 0.825. The Balaban J connectivity index is 2.24. The van der Waals surface area contributed by atoms with E-state index in [4.69, 9.17) is 16.3 Å². The van der Waals surface area contributed by atoms with Crippen molar-refractivity contribution in [3.63, 3.8) is 0 Å². The van der Waals surface area contributed by atoms with Crippen LogP contribution in [0.4, 0.5) is 0 Å². The molecule has 2 aromatic carbocycles. The molecule has 0 heterocycles. The highest BCUT2D eigenvalue weighted by atomic mass is 35.5. The predicted octanol–water partition coefficient (Wildman–Crippen LogP) is 3.75. The summed E-state index contributed by atoms with van der Waals surface area (Å²) >= 11 is 6.12. The largest absolute Gasteiger partial charge is 0.497 e. The van der Waals surface area contributed by atoms with Gasteiger partial charge in [0.1, 0.15) is 12.0 Å². The molecule has 0 spiro atoms. The van der Waals surface area contributed by atoms with E-state index in [9.17, 15) is 4.79 Å². The van der Waals surface area contributed by atoms with Crippen LogP contribution in [-0.2, 0) is 6.42 Å². The Morgan fingerprint density at radius 2 is 1.89 bits per heavy atom. The van der Waals surface area contributed by atoms with Crippen molar-refractivity contribution in [1.29, 1.82) is 0 Å². The number of carbonyl (C=O) groups excluding carboxylic acids is 1. The fourth-order valence-corrected chi connectivity index (χ4v) is 1.95. The number of methoxy groups -OCH3 is 1. The highest BCUT2D eigenvalue weighted by Crippen LogP contribution is 2.21. The van der Waals surface area contributed by atoms with Crippen molar-refractivity contribution in [3.05, 3.63) is 64.2 Å². The number of rotatable bonds is 4. The lowest BCUT2D eigenvalue weighted by molar-refractivity contribution is 0.112. The van der Waals surface area contributed by atoms with E-state index in [1.165, 1.54) is 0 Å². The first kappa shape index (κ1) is 12.7. The number of carbonyl (C=O) groups is 1. The van der Waals surface area contributed by atoms with E-state index in [2.05, 4.69) is 0 Å². The summed E-state index contributed by atoms with van der Waals surface area (Å²) in [4.78, 5) is 10.7. The molecule has 0 unspecified atom stereocenters. The normalized spacial score (nSPS) is 10.1. The Morgan fingerprint density at radius 3 is 2.50 bits per heavy atom. The minimum atomic E-state index is 0.642. The van der Waals surface area contributed by atoms with Gasteiger partial charge in [-0.05, 0) is 41.8 Å². The highest BCUT2D eigenvalue weighted by Gasteiger charge is 2.03. The monoisotopic (exact) mass is 260 g/mol. The Hall–Kier alpha value is -1.80. The van der Waals surface area contributed by atoms with Gasteiger partial charge >= 0.3 is 0 Å². The van der Waals surface area contributed by atoms with E-state index in [0.717, 1.165) is 23.2 Å². The SMILES string of the molecule is COc1ccc(Cc2cc(C=O)ccc2Cl)cc1. The third-order valence-corrected chi connectivity index (χ3v) is 3.13. The van der Waals surface area contributed by atoms with Crippen LogP contribution in [-0.4, -0.2) is 13.4 Å². The molecule has 2 rings (SSSR count). The number of ether oxygens (including phenoxy) is 1. The minimum absolute atomic E-state index is 0.642. The molecule has 0 radical (unpaired) electrons. The smallest absolute Gasteiger partial charge is 0.150 e. The second-order valence-electron chi connectivity index (χ2n) is 3.99. The molecular weight excluding hydrogens is 248 g/mol. The van der Waals surface area contributed by atoms with Crippen molar-refractivity contribution in [3.8, 4) is 5.75 Å². The van der Waals surface area contributed by atoms with Crippen LogP contribution in [0.2, 0.25) is 5.02 Å². The zero-order chi connectivity index (χ0) is 13.0. The highest BCUT2D eigenvalue weighted by molar-refractivity contribution is 6.31. The van der Waals surface area contributed by atoms with Gasteiger partial charge < -0.3 is 4.74 Å². The van der Waals surface area contributed by atoms with Crippen LogP contribution in [0, 0.1) is 0 Å². The average molecular weight is 261 g/mol. The molecule has 0 amide bonds. The average Bonchev–Trinajstić information content (AvgIpc) is 2.42. The number of benzene rings is 2. The molecule has 2 aromatic rings. The van der Waals surface area contributed by atoms with Gasteiger partial charge in [0.15, 0.2) is 0 Å². The van der Waals surface area contributed by atoms with Crippen molar-refractivity contribution < 1.29 is 9.53 Å². The molecule has 0 N–H and O–H groups in total. The lowest BCUT2D eigenvalue weighted by Crippen LogP contribution is -1.92. The first-order valence-electron chi connectivity index (χ1n) is 5.59. The van der Waals surface area contributed by atoms with Crippen LogP contribution in [0.15, 0.2) is 42.5 Å². The van der Waals surface area contributed by atoms with E-state index in [1.54, 1.807) is 19.2 Å².